The first kappa shape index (κ1) is 10.6. The maximum Gasteiger partial charge on any atom is 0.154 e. The highest BCUT2D eigenvalue weighted by atomic mass is 15.1. The summed E-state index contributed by atoms with van der Waals surface area (Å²) in [4.78, 5) is 8.76. The van der Waals surface area contributed by atoms with Crippen LogP contribution in [0.1, 0.15) is 25.7 Å². The van der Waals surface area contributed by atoms with Crippen molar-refractivity contribution in [2.24, 2.45) is 13.0 Å². The van der Waals surface area contributed by atoms with Crippen molar-refractivity contribution >= 4 is 16.9 Å². The van der Waals surface area contributed by atoms with Crippen LogP contribution in [0, 0.1) is 5.92 Å². The van der Waals surface area contributed by atoms with Crippen molar-refractivity contribution in [1.29, 1.82) is 0 Å². The lowest BCUT2D eigenvalue weighted by Gasteiger charge is -2.25. The number of hydrogen-bond acceptors (Lipinski definition) is 3. The molecule has 0 atom stereocenters. The molecule has 2 aromatic rings. The monoisotopic (exact) mass is 230 g/mol. The number of aromatic nitrogens is 3. The molecule has 1 fully saturated rings. The van der Waals surface area contributed by atoms with Crippen molar-refractivity contribution < 1.29 is 0 Å². The third-order valence-electron chi connectivity index (χ3n) is 3.71. The largest absolute Gasteiger partial charge is 0.368 e. The van der Waals surface area contributed by atoms with E-state index in [1.54, 1.807) is 0 Å². The molecule has 0 radical (unpaired) electrons. The van der Waals surface area contributed by atoms with E-state index in [1.807, 2.05) is 30.2 Å². The van der Waals surface area contributed by atoms with Crippen LogP contribution < -0.4 is 5.32 Å². The average molecular weight is 230 g/mol. The molecular weight excluding hydrogens is 212 g/mol. The van der Waals surface area contributed by atoms with Crippen molar-refractivity contribution in [2.45, 2.75) is 25.7 Å². The molecule has 17 heavy (non-hydrogen) atoms. The summed E-state index contributed by atoms with van der Waals surface area (Å²) in [6, 6.07) is 2.00. The van der Waals surface area contributed by atoms with Gasteiger partial charge in [-0.3, -0.25) is 0 Å². The van der Waals surface area contributed by atoms with Crippen LogP contribution in [-0.2, 0) is 7.05 Å². The van der Waals surface area contributed by atoms with Gasteiger partial charge < -0.3 is 9.88 Å². The number of fused-ring (bicyclic) bond motifs is 1. The minimum Gasteiger partial charge on any atom is -0.368 e. The highest BCUT2D eigenvalue weighted by Crippen LogP contribution is 2.29. The Kier molecular flexibility index (Phi) is 2.71. The minimum atomic E-state index is 0.919. The first-order valence-corrected chi connectivity index (χ1v) is 6.34. The van der Waals surface area contributed by atoms with E-state index < -0.39 is 0 Å². The predicted octanol–water partition coefficient (Wildman–Crippen LogP) is 2.57. The molecule has 4 nitrogen and oxygen atoms in total. The van der Waals surface area contributed by atoms with Crippen LogP contribution in [0.2, 0.25) is 0 Å². The molecule has 4 heteroatoms. The Bertz CT molecular complexity index is 513. The fourth-order valence-electron chi connectivity index (χ4n) is 2.37. The molecule has 1 saturated carbocycles. The zero-order valence-corrected chi connectivity index (χ0v) is 10.2. The number of aryl methyl sites for hydroxylation is 1. The second kappa shape index (κ2) is 4.35. The van der Waals surface area contributed by atoms with E-state index in [4.69, 9.17) is 0 Å². The van der Waals surface area contributed by atoms with Crippen molar-refractivity contribution in [3.63, 3.8) is 0 Å². The van der Waals surface area contributed by atoms with Gasteiger partial charge in [0.1, 0.15) is 5.52 Å². The molecule has 0 aliphatic heterocycles. The van der Waals surface area contributed by atoms with Gasteiger partial charge in [0.25, 0.3) is 0 Å². The summed E-state index contributed by atoms with van der Waals surface area (Å²) in [5.41, 5.74) is 2.11. The van der Waals surface area contributed by atoms with Gasteiger partial charge in [-0.2, -0.15) is 0 Å². The molecule has 3 rings (SSSR count). The number of imidazole rings is 1. The van der Waals surface area contributed by atoms with Crippen LogP contribution in [0.15, 0.2) is 18.6 Å². The SMILES string of the molecule is Cn1cnc2c(NCCC3CCC3)nccc21. The molecule has 0 unspecified atom stereocenters. The van der Waals surface area contributed by atoms with Crippen LogP contribution in [-0.4, -0.2) is 21.1 Å². The average Bonchev–Trinajstić information content (AvgIpc) is 2.65. The van der Waals surface area contributed by atoms with Crippen LogP contribution >= 0.6 is 0 Å². The van der Waals surface area contributed by atoms with E-state index in [0.29, 0.717) is 0 Å². The highest BCUT2D eigenvalue weighted by molar-refractivity contribution is 5.85. The number of hydrogen-bond donors (Lipinski definition) is 1. The fraction of sp³-hybridized carbons (Fsp3) is 0.538. The van der Waals surface area contributed by atoms with Gasteiger partial charge in [-0.25, -0.2) is 9.97 Å². The molecule has 2 aromatic heterocycles. The van der Waals surface area contributed by atoms with Crippen LogP contribution in [0.5, 0.6) is 0 Å². The summed E-state index contributed by atoms with van der Waals surface area (Å²) in [6.45, 7) is 1.01. The lowest BCUT2D eigenvalue weighted by Crippen LogP contribution is -2.16. The second-order valence-electron chi connectivity index (χ2n) is 4.90. The van der Waals surface area contributed by atoms with Gasteiger partial charge in [-0.05, 0) is 18.4 Å². The summed E-state index contributed by atoms with van der Waals surface area (Å²) in [5.74, 6) is 1.85. The van der Waals surface area contributed by atoms with E-state index in [2.05, 4.69) is 15.3 Å². The predicted molar refractivity (Wildman–Crippen MR) is 69.0 cm³/mol. The van der Waals surface area contributed by atoms with E-state index in [0.717, 1.165) is 29.3 Å². The number of nitrogens with zero attached hydrogens (tertiary/aromatic N) is 3. The first-order valence-electron chi connectivity index (χ1n) is 6.34. The molecule has 1 N–H and O–H groups in total. The van der Waals surface area contributed by atoms with Crippen LogP contribution in [0.4, 0.5) is 5.82 Å². The quantitative estimate of drug-likeness (QED) is 0.877. The third kappa shape index (κ3) is 1.99. The summed E-state index contributed by atoms with van der Waals surface area (Å²) >= 11 is 0. The molecule has 90 valence electrons. The van der Waals surface area contributed by atoms with Crippen LogP contribution in [0.25, 0.3) is 11.0 Å². The zero-order valence-electron chi connectivity index (χ0n) is 10.2. The molecule has 0 bridgehead atoms. The summed E-state index contributed by atoms with van der Waals surface area (Å²) in [7, 11) is 2.01. The second-order valence-corrected chi connectivity index (χ2v) is 4.90. The van der Waals surface area contributed by atoms with Gasteiger partial charge >= 0.3 is 0 Å². The Labute approximate surface area is 101 Å². The maximum absolute atomic E-state index is 4.39. The number of anilines is 1. The lowest BCUT2D eigenvalue weighted by molar-refractivity contribution is 0.303. The highest BCUT2D eigenvalue weighted by Gasteiger charge is 2.16. The van der Waals surface area contributed by atoms with Crippen molar-refractivity contribution in [3.05, 3.63) is 18.6 Å². The molecule has 0 amide bonds. The molecular formula is C13H18N4. The van der Waals surface area contributed by atoms with E-state index >= 15 is 0 Å². The smallest absolute Gasteiger partial charge is 0.154 e. The fourth-order valence-corrected chi connectivity index (χ4v) is 2.37. The number of rotatable bonds is 4. The molecule has 2 heterocycles. The Morgan fingerprint density at radius 2 is 2.29 bits per heavy atom. The van der Waals surface area contributed by atoms with Gasteiger partial charge in [-0.1, -0.05) is 19.3 Å². The maximum atomic E-state index is 4.39. The third-order valence-corrected chi connectivity index (χ3v) is 3.71. The van der Waals surface area contributed by atoms with Crippen molar-refractivity contribution in [3.8, 4) is 0 Å². The molecule has 1 aliphatic rings. The standard InChI is InChI=1S/C13H18N4/c1-17-9-16-12-11(17)6-8-15-13(12)14-7-5-10-3-2-4-10/h6,8-10H,2-5,7H2,1H3,(H,14,15). The lowest BCUT2D eigenvalue weighted by atomic mass is 9.83. The van der Waals surface area contributed by atoms with Gasteiger partial charge in [0.2, 0.25) is 0 Å². The molecule has 1 aliphatic carbocycles. The first-order chi connectivity index (χ1) is 8.34. The van der Waals surface area contributed by atoms with Gasteiger partial charge in [0, 0.05) is 19.8 Å². The molecule has 0 spiro atoms. The Balaban J connectivity index is 1.71. The Hall–Kier alpha value is -1.58. The minimum absolute atomic E-state index is 0.919. The topological polar surface area (TPSA) is 42.7 Å². The van der Waals surface area contributed by atoms with Crippen molar-refractivity contribution in [1.82, 2.24) is 14.5 Å². The van der Waals surface area contributed by atoms with Gasteiger partial charge in [0.05, 0.1) is 11.8 Å². The zero-order chi connectivity index (χ0) is 11.7. The van der Waals surface area contributed by atoms with E-state index in [1.165, 1.54) is 25.7 Å². The van der Waals surface area contributed by atoms with Crippen molar-refractivity contribution in [2.75, 3.05) is 11.9 Å². The van der Waals surface area contributed by atoms with Gasteiger partial charge in [-0.15, -0.1) is 0 Å². The van der Waals surface area contributed by atoms with E-state index in [-0.39, 0.29) is 0 Å². The molecule has 0 saturated heterocycles. The summed E-state index contributed by atoms with van der Waals surface area (Å²) in [5, 5.41) is 3.41. The Morgan fingerprint density at radius 1 is 1.41 bits per heavy atom. The van der Waals surface area contributed by atoms with E-state index in [9.17, 15) is 0 Å². The summed E-state index contributed by atoms with van der Waals surface area (Å²) in [6.07, 6.45) is 9.16. The number of pyridine rings is 1. The summed E-state index contributed by atoms with van der Waals surface area (Å²) < 4.78 is 2.02. The molecule has 0 aromatic carbocycles. The Morgan fingerprint density at radius 3 is 3.06 bits per heavy atom. The normalized spacial score (nSPS) is 16.1. The van der Waals surface area contributed by atoms with Gasteiger partial charge in [0.15, 0.2) is 5.82 Å². The number of nitrogens with one attached hydrogen (secondary N) is 1. The van der Waals surface area contributed by atoms with Crippen LogP contribution in [0.3, 0.4) is 0 Å².